The van der Waals surface area contributed by atoms with Gasteiger partial charge in [-0.2, -0.15) is 0 Å². The summed E-state index contributed by atoms with van der Waals surface area (Å²) in [4.78, 5) is 6.92. The highest BCUT2D eigenvalue weighted by molar-refractivity contribution is 7.15. The Balaban J connectivity index is 2.30. The highest BCUT2D eigenvalue weighted by atomic mass is 32.1. The van der Waals surface area contributed by atoms with Crippen LogP contribution in [0.2, 0.25) is 0 Å². The van der Waals surface area contributed by atoms with Crippen LogP contribution in [0.1, 0.15) is 4.88 Å². The van der Waals surface area contributed by atoms with Crippen molar-refractivity contribution < 1.29 is 4.74 Å². The molecule has 0 amide bonds. The molecule has 3 aromatic rings. The zero-order chi connectivity index (χ0) is 11.8. The van der Waals surface area contributed by atoms with Crippen LogP contribution in [0.25, 0.3) is 16.2 Å². The lowest BCUT2D eigenvalue weighted by molar-refractivity contribution is 0.393. The highest BCUT2D eigenvalue weighted by Gasteiger charge is 2.11. The number of thiophene rings is 1. The minimum atomic E-state index is 0.807. The average Bonchev–Trinajstić information content (AvgIpc) is 2.94. The van der Waals surface area contributed by atoms with E-state index >= 15 is 0 Å². The Bertz CT molecular complexity index is 669. The van der Waals surface area contributed by atoms with Gasteiger partial charge in [-0.1, -0.05) is 6.07 Å². The zero-order valence-electron chi connectivity index (χ0n) is 9.68. The van der Waals surface area contributed by atoms with Gasteiger partial charge in [-0.25, -0.2) is 4.98 Å². The summed E-state index contributed by atoms with van der Waals surface area (Å²) < 4.78 is 7.42. The fourth-order valence-corrected chi connectivity index (χ4v) is 2.76. The van der Waals surface area contributed by atoms with E-state index in [0.29, 0.717) is 0 Å². The van der Waals surface area contributed by atoms with Gasteiger partial charge in [0.15, 0.2) is 11.7 Å². The zero-order valence-corrected chi connectivity index (χ0v) is 10.5. The highest BCUT2D eigenvalue weighted by Crippen LogP contribution is 2.29. The number of nitrogens with zero attached hydrogens (tertiary/aromatic N) is 2. The van der Waals surface area contributed by atoms with Crippen molar-refractivity contribution in [1.82, 2.24) is 9.38 Å². The molecule has 0 radical (unpaired) electrons. The molecule has 17 heavy (non-hydrogen) atoms. The predicted molar refractivity (Wildman–Crippen MR) is 69.8 cm³/mol. The Morgan fingerprint density at radius 2 is 2.12 bits per heavy atom. The first kappa shape index (κ1) is 10.4. The largest absolute Gasteiger partial charge is 0.482 e. The summed E-state index contributed by atoms with van der Waals surface area (Å²) in [6.07, 6.45) is 1.87. The second kappa shape index (κ2) is 3.89. The lowest BCUT2D eigenvalue weighted by atomic mass is 10.4. The summed E-state index contributed by atoms with van der Waals surface area (Å²) in [6, 6.07) is 10.1. The summed E-state index contributed by atoms with van der Waals surface area (Å²) in [6.45, 7) is 2.10. The molecular weight excluding hydrogens is 232 g/mol. The van der Waals surface area contributed by atoms with E-state index in [1.165, 1.54) is 4.88 Å². The van der Waals surface area contributed by atoms with Gasteiger partial charge in [0.2, 0.25) is 0 Å². The Labute approximate surface area is 103 Å². The molecule has 3 rings (SSSR count). The molecule has 0 aliphatic carbocycles. The van der Waals surface area contributed by atoms with E-state index in [0.717, 1.165) is 22.1 Å². The van der Waals surface area contributed by atoms with Crippen molar-refractivity contribution in [2.75, 3.05) is 7.11 Å². The molecule has 3 heterocycles. The molecule has 0 aromatic carbocycles. The topological polar surface area (TPSA) is 26.5 Å². The second-order valence-corrected chi connectivity index (χ2v) is 5.11. The van der Waals surface area contributed by atoms with Gasteiger partial charge in [0.1, 0.15) is 0 Å². The monoisotopic (exact) mass is 244 g/mol. The molecule has 0 saturated heterocycles. The van der Waals surface area contributed by atoms with Gasteiger partial charge >= 0.3 is 0 Å². The number of aryl methyl sites for hydroxylation is 1. The van der Waals surface area contributed by atoms with E-state index in [9.17, 15) is 0 Å². The maximum atomic E-state index is 5.38. The van der Waals surface area contributed by atoms with Crippen molar-refractivity contribution in [3.8, 4) is 16.6 Å². The average molecular weight is 244 g/mol. The number of rotatable bonds is 2. The van der Waals surface area contributed by atoms with Gasteiger partial charge < -0.3 is 4.74 Å². The molecule has 0 aliphatic heterocycles. The molecule has 4 heteroatoms. The molecule has 0 bridgehead atoms. The maximum absolute atomic E-state index is 5.38. The maximum Gasteiger partial charge on any atom is 0.199 e. The molecule has 0 unspecified atom stereocenters. The van der Waals surface area contributed by atoms with Crippen LogP contribution in [0.15, 0.2) is 36.5 Å². The molecule has 0 aliphatic rings. The van der Waals surface area contributed by atoms with Crippen LogP contribution in [-0.2, 0) is 0 Å². The fraction of sp³-hybridized carbons (Fsp3) is 0.154. The van der Waals surface area contributed by atoms with E-state index in [4.69, 9.17) is 4.74 Å². The van der Waals surface area contributed by atoms with E-state index in [1.54, 1.807) is 18.4 Å². The van der Waals surface area contributed by atoms with Gasteiger partial charge in [-0.3, -0.25) is 4.40 Å². The number of fused-ring (bicyclic) bond motifs is 1. The third kappa shape index (κ3) is 1.61. The van der Waals surface area contributed by atoms with Crippen molar-refractivity contribution in [2.24, 2.45) is 0 Å². The molecule has 0 spiro atoms. The Hall–Kier alpha value is -1.81. The predicted octanol–water partition coefficient (Wildman–Crippen LogP) is 3.38. The number of pyridine rings is 1. The quantitative estimate of drug-likeness (QED) is 0.691. The van der Waals surface area contributed by atoms with Crippen molar-refractivity contribution in [1.29, 1.82) is 0 Å². The van der Waals surface area contributed by atoms with Gasteiger partial charge in [0, 0.05) is 4.88 Å². The lowest BCUT2D eigenvalue weighted by Gasteiger charge is -2.05. The summed E-state index contributed by atoms with van der Waals surface area (Å²) in [5.74, 6) is 1.75. The first-order valence-electron chi connectivity index (χ1n) is 5.37. The van der Waals surface area contributed by atoms with Gasteiger partial charge in [0.05, 0.1) is 23.7 Å². The van der Waals surface area contributed by atoms with Crippen molar-refractivity contribution in [3.63, 3.8) is 0 Å². The Morgan fingerprint density at radius 1 is 1.24 bits per heavy atom. The Morgan fingerprint density at radius 3 is 2.82 bits per heavy atom. The third-order valence-corrected chi connectivity index (χ3v) is 3.68. The van der Waals surface area contributed by atoms with Gasteiger partial charge in [0.25, 0.3) is 0 Å². The van der Waals surface area contributed by atoms with Gasteiger partial charge in [-0.15, -0.1) is 11.3 Å². The number of ether oxygens (including phenoxy) is 1. The van der Waals surface area contributed by atoms with Crippen LogP contribution >= 0.6 is 11.3 Å². The molecule has 0 fully saturated rings. The van der Waals surface area contributed by atoms with E-state index in [2.05, 4.69) is 24.0 Å². The summed E-state index contributed by atoms with van der Waals surface area (Å²) in [5, 5.41) is 0. The number of hydrogen-bond donors (Lipinski definition) is 0. The molecule has 3 nitrogen and oxygen atoms in total. The molecule has 86 valence electrons. The molecular formula is C13H12N2OS. The molecule has 3 aromatic heterocycles. The first-order valence-corrected chi connectivity index (χ1v) is 6.18. The molecule has 0 saturated carbocycles. The van der Waals surface area contributed by atoms with E-state index in [-0.39, 0.29) is 0 Å². The van der Waals surface area contributed by atoms with Crippen molar-refractivity contribution in [2.45, 2.75) is 6.92 Å². The van der Waals surface area contributed by atoms with Crippen molar-refractivity contribution >= 4 is 16.9 Å². The number of aromatic nitrogens is 2. The number of imidazole rings is 1. The fourth-order valence-electron chi connectivity index (χ4n) is 1.91. The minimum Gasteiger partial charge on any atom is -0.482 e. The first-order chi connectivity index (χ1) is 8.29. The van der Waals surface area contributed by atoms with Crippen LogP contribution < -0.4 is 4.74 Å². The van der Waals surface area contributed by atoms with E-state index in [1.807, 2.05) is 28.8 Å². The molecule has 0 atom stereocenters. The molecule has 0 N–H and O–H groups in total. The second-order valence-electron chi connectivity index (χ2n) is 3.82. The third-order valence-electron chi connectivity index (χ3n) is 2.69. The van der Waals surface area contributed by atoms with Crippen LogP contribution in [-0.4, -0.2) is 16.5 Å². The minimum absolute atomic E-state index is 0.807. The van der Waals surface area contributed by atoms with Gasteiger partial charge in [-0.05, 0) is 31.2 Å². The van der Waals surface area contributed by atoms with Crippen LogP contribution in [0.4, 0.5) is 0 Å². The number of hydrogen-bond acceptors (Lipinski definition) is 3. The normalized spacial score (nSPS) is 10.9. The SMILES string of the molecule is COc1cccc2cnc(-c3ccc(C)s3)n12. The Kier molecular flexibility index (Phi) is 2.37. The summed E-state index contributed by atoms with van der Waals surface area (Å²) in [7, 11) is 1.68. The van der Waals surface area contributed by atoms with Crippen LogP contribution in [0.3, 0.4) is 0 Å². The smallest absolute Gasteiger partial charge is 0.199 e. The summed E-state index contributed by atoms with van der Waals surface area (Å²) in [5.41, 5.74) is 1.05. The van der Waals surface area contributed by atoms with Crippen LogP contribution in [0, 0.1) is 6.92 Å². The van der Waals surface area contributed by atoms with E-state index < -0.39 is 0 Å². The standard InChI is InChI=1S/C13H12N2OS/c1-9-6-7-11(17-9)13-14-8-10-4-3-5-12(16-2)15(10)13/h3-8H,1-2H3. The van der Waals surface area contributed by atoms with Crippen molar-refractivity contribution in [3.05, 3.63) is 41.4 Å². The summed E-state index contributed by atoms with van der Waals surface area (Å²) >= 11 is 1.74. The van der Waals surface area contributed by atoms with Crippen LogP contribution in [0.5, 0.6) is 5.88 Å². The lowest BCUT2D eigenvalue weighted by Crippen LogP contribution is -1.94. The number of methoxy groups -OCH3 is 1.